The van der Waals surface area contributed by atoms with Gasteiger partial charge in [0.1, 0.15) is 11.9 Å². The molecule has 2 aromatic rings. The SMILES string of the molecule is CCNC(=NCc1ccc(C(=O)N(C)C)cc1)NCC(O)c1ccco1.I. The standard InChI is InChI=1S/C19H26N4O3.HI/c1-4-20-19(22-13-16(24)17-6-5-11-26-17)21-12-14-7-9-15(10-8-14)18(25)23(2)3;/h5-11,16,24H,4,12-13H2,1-3H3,(H2,20,21,22);1H. The van der Waals surface area contributed by atoms with Crippen LogP contribution in [0.5, 0.6) is 0 Å². The molecule has 1 atom stereocenters. The average molecular weight is 486 g/mol. The Morgan fingerprint density at radius 1 is 1.22 bits per heavy atom. The van der Waals surface area contributed by atoms with E-state index >= 15 is 0 Å². The second kappa shape index (κ2) is 11.6. The Morgan fingerprint density at radius 2 is 1.93 bits per heavy atom. The topological polar surface area (TPSA) is 90.1 Å². The number of guanidine groups is 1. The Kier molecular flexibility index (Phi) is 9.87. The molecule has 1 unspecified atom stereocenters. The fourth-order valence-corrected chi connectivity index (χ4v) is 2.30. The Labute approximate surface area is 176 Å². The van der Waals surface area contributed by atoms with Crippen molar-refractivity contribution < 1.29 is 14.3 Å². The number of aliphatic hydroxyl groups excluding tert-OH is 1. The number of hydrogen-bond donors (Lipinski definition) is 3. The summed E-state index contributed by atoms with van der Waals surface area (Å²) in [6, 6.07) is 10.8. The average Bonchev–Trinajstić information content (AvgIpc) is 3.18. The van der Waals surface area contributed by atoms with Crippen molar-refractivity contribution >= 4 is 35.8 Å². The highest BCUT2D eigenvalue weighted by molar-refractivity contribution is 14.0. The summed E-state index contributed by atoms with van der Waals surface area (Å²) in [7, 11) is 3.46. The first-order valence-corrected chi connectivity index (χ1v) is 8.55. The molecule has 2 rings (SSSR count). The fraction of sp³-hybridized carbons (Fsp3) is 0.368. The zero-order chi connectivity index (χ0) is 18.9. The summed E-state index contributed by atoms with van der Waals surface area (Å²) in [4.78, 5) is 18.0. The van der Waals surface area contributed by atoms with Gasteiger partial charge in [-0.1, -0.05) is 12.1 Å². The summed E-state index contributed by atoms with van der Waals surface area (Å²) in [6.45, 7) is 3.43. The lowest BCUT2D eigenvalue weighted by Gasteiger charge is -2.14. The lowest BCUT2D eigenvalue weighted by Crippen LogP contribution is -2.39. The molecule has 148 valence electrons. The molecule has 8 heteroatoms. The van der Waals surface area contributed by atoms with Crippen molar-refractivity contribution in [3.05, 3.63) is 59.5 Å². The van der Waals surface area contributed by atoms with E-state index in [9.17, 15) is 9.90 Å². The highest BCUT2D eigenvalue weighted by Crippen LogP contribution is 2.11. The van der Waals surface area contributed by atoms with Crippen LogP contribution in [-0.2, 0) is 6.54 Å². The molecule has 0 saturated heterocycles. The zero-order valence-electron chi connectivity index (χ0n) is 15.8. The van der Waals surface area contributed by atoms with Crippen LogP contribution in [-0.4, -0.2) is 49.1 Å². The van der Waals surface area contributed by atoms with Gasteiger partial charge in [-0.05, 0) is 36.8 Å². The predicted molar refractivity (Wildman–Crippen MR) is 116 cm³/mol. The molecule has 0 saturated carbocycles. The molecule has 1 amide bonds. The third-order valence-electron chi connectivity index (χ3n) is 3.71. The van der Waals surface area contributed by atoms with Gasteiger partial charge in [-0.2, -0.15) is 0 Å². The molecule has 0 aliphatic carbocycles. The Bertz CT molecular complexity index is 715. The van der Waals surface area contributed by atoms with Gasteiger partial charge in [0, 0.05) is 26.2 Å². The summed E-state index contributed by atoms with van der Waals surface area (Å²) >= 11 is 0. The van der Waals surface area contributed by atoms with Gasteiger partial charge < -0.3 is 25.1 Å². The van der Waals surface area contributed by atoms with Gasteiger partial charge in [0.15, 0.2) is 5.96 Å². The van der Waals surface area contributed by atoms with Gasteiger partial charge in [0.2, 0.25) is 0 Å². The Morgan fingerprint density at radius 3 is 2.48 bits per heavy atom. The quantitative estimate of drug-likeness (QED) is 0.318. The molecule has 3 N–H and O–H groups in total. The van der Waals surface area contributed by atoms with Crippen molar-refractivity contribution in [3.63, 3.8) is 0 Å². The van der Waals surface area contributed by atoms with E-state index in [1.165, 1.54) is 6.26 Å². The molecule has 0 bridgehead atoms. The van der Waals surface area contributed by atoms with Crippen molar-refractivity contribution in [2.24, 2.45) is 4.99 Å². The number of nitrogens with one attached hydrogen (secondary N) is 2. The summed E-state index contributed by atoms with van der Waals surface area (Å²) in [5.41, 5.74) is 1.64. The highest BCUT2D eigenvalue weighted by atomic mass is 127. The molecule has 7 nitrogen and oxygen atoms in total. The van der Waals surface area contributed by atoms with Crippen molar-refractivity contribution in [2.75, 3.05) is 27.2 Å². The minimum Gasteiger partial charge on any atom is -0.467 e. The maximum Gasteiger partial charge on any atom is 0.253 e. The number of halogens is 1. The third-order valence-corrected chi connectivity index (χ3v) is 3.71. The van der Waals surface area contributed by atoms with Crippen molar-refractivity contribution in [1.82, 2.24) is 15.5 Å². The molecule has 0 radical (unpaired) electrons. The van der Waals surface area contributed by atoms with E-state index in [0.29, 0.717) is 30.4 Å². The van der Waals surface area contributed by atoms with E-state index in [1.807, 2.05) is 19.1 Å². The number of rotatable bonds is 7. The lowest BCUT2D eigenvalue weighted by atomic mass is 10.1. The number of benzene rings is 1. The van der Waals surface area contributed by atoms with E-state index in [0.717, 1.165) is 5.56 Å². The van der Waals surface area contributed by atoms with Crippen LogP contribution in [0, 0.1) is 0 Å². The Hall–Kier alpha value is -2.07. The van der Waals surface area contributed by atoms with Crippen LogP contribution in [0.25, 0.3) is 0 Å². The molecule has 27 heavy (non-hydrogen) atoms. The van der Waals surface area contributed by atoms with Crippen LogP contribution in [0.4, 0.5) is 0 Å². The van der Waals surface area contributed by atoms with E-state index < -0.39 is 6.10 Å². The zero-order valence-corrected chi connectivity index (χ0v) is 18.1. The van der Waals surface area contributed by atoms with Gasteiger partial charge in [-0.15, -0.1) is 24.0 Å². The summed E-state index contributed by atoms with van der Waals surface area (Å²) in [6.07, 6.45) is 0.785. The number of amides is 1. The van der Waals surface area contributed by atoms with Gasteiger partial charge in [0.05, 0.1) is 19.4 Å². The number of aliphatic imine (C=N–C) groups is 1. The van der Waals surface area contributed by atoms with Crippen LogP contribution in [0.3, 0.4) is 0 Å². The van der Waals surface area contributed by atoms with Gasteiger partial charge in [-0.25, -0.2) is 4.99 Å². The van der Waals surface area contributed by atoms with Gasteiger partial charge >= 0.3 is 0 Å². The maximum absolute atomic E-state index is 11.9. The van der Waals surface area contributed by atoms with Crippen molar-refractivity contribution in [2.45, 2.75) is 19.6 Å². The van der Waals surface area contributed by atoms with Crippen LogP contribution in [0.15, 0.2) is 52.1 Å². The molecule has 0 fully saturated rings. The van der Waals surface area contributed by atoms with E-state index in [2.05, 4.69) is 15.6 Å². The summed E-state index contributed by atoms with van der Waals surface area (Å²) in [5, 5.41) is 16.3. The van der Waals surface area contributed by atoms with Gasteiger partial charge in [-0.3, -0.25) is 4.79 Å². The molecule has 0 spiro atoms. The van der Waals surface area contributed by atoms with Crippen LogP contribution < -0.4 is 10.6 Å². The van der Waals surface area contributed by atoms with Crippen LogP contribution in [0.1, 0.15) is 34.7 Å². The monoisotopic (exact) mass is 486 g/mol. The lowest BCUT2D eigenvalue weighted by molar-refractivity contribution is 0.0827. The number of aliphatic hydroxyl groups is 1. The third kappa shape index (κ3) is 7.22. The number of nitrogens with zero attached hydrogens (tertiary/aromatic N) is 2. The maximum atomic E-state index is 11.9. The second-order valence-corrected chi connectivity index (χ2v) is 6.00. The van der Waals surface area contributed by atoms with E-state index in [-0.39, 0.29) is 36.4 Å². The van der Waals surface area contributed by atoms with Crippen molar-refractivity contribution in [3.8, 4) is 0 Å². The normalized spacial score (nSPS) is 12.1. The van der Waals surface area contributed by atoms with E-state index in [4.69, 9.17) is 4.42 Å². The van der Waals surface area contributed by atoms with Crippen LogP contribution in [0.2, 0.25) is 0 Å². The molecule has 0 aliphatic heterocycles. The first kappa shape index (κ1) is 23.0. The molecular weight excluding hydrogens is 459 g/mol. The molecule has 1 heterocycles. The van der Waals surface area contributed by atoms with Crippen LogP contribution >= 0.6 is 24.0 Å². The first-order chi connectivity index (χ1) is 12.5. The first-order valence-electron chi connectivity index (χ1n) is 8.55. The number of carbonyl (C=O) groups excluding carboxylic acids is 1. The number of hydrogen-bond acceptors (Lipinski definition) is 4. The minimum absolute atomic E-state index is 0. The molecule has 0 aliphatic rings. The highest BCUT2D eigenvalue weighted by Gasteiger charge is 2.11. The molecule has 1 aromatic carbocycles. The number of carbonyl (C=O) groups is 1. The van der Waals surface area contributed by atoms with Gasteiger partial charge in [0.25, 0.3) is 5.91 Å². The summed E-state index contributed by atoms with van der Waals surface area (Å²) < 4.78 is 5.18. The minimum atomic E-state index is -0.745. The number of furan rings is 1. The van der Waals surface area contributed by atoms with E-state index in [1.54, 1.807) is 43.3 Å². The molecule has 1 aromatic heterocycles. The smallest absolute Gasteiger partial charge is 0.253 e. The molecular formula is C19H27IN4O3. The predicted octanol–water partition coefficient (Wildman–Crippen LogP) is 2.39. The summed E-state index contributed by atoms with van der Waals surface area (Å²) in [5.74, 6) is 1.09. The van der Waals surface area contributed by atoms with Crippen molar-refractivity contribution in [1.29, 1.82) is 0 Å². The second-order valence-electron chi connectivity index (χ2n) is 6.00. The largest absolute Gasteiger partial charge is 0.467 e. The Balaban J connectivity index is 0.00000364. The fourth-order valence-electron chi connectivity index (χ4n) is 2.30.